The molecule has 35 heavy (non-hydrogen) atoms. The maximum atomic E-state index is 12.9. The van der Waals surface area contributed by atoms with Gasteiger partial charge in [-0.05, 0) is 29.8 Å². The number of aromatic nitrogens is 2. The topological polar surface area (TPSA) is 130 Å². The van der Waals surface area contributed by atoms with Gasteiger partial charge in [-0.25, -0.2) is 0 Å². The summed E-state index contributed by atoms with van der Waals surface area (Å²) in [5.41, 5.74) is 1.33. The average Bonchev–Trinajstić information content (AvgIpc) is 3.33. The molecule has 4 rings (SSSR count). The van der Waals surface area contributed by atoms with Crippen LogP contribution in [0.1, 0.15) is 26.3 Å². The summed E-state index contributed by atoms with van der Waals surface area (Å²) in [5.74, 6) is -0.999. The van der Waals surface area contributed by atoms with Crippen molar-refractivity contribution in [2.24, 2.45) is 0 Å². The van der Waals surface area contributed by atoms with E-state index in [9.17, 15) is 18.0 Å². The minimum atomic E-state index is -4.19. The highest BCUT2D eigenvalue weighted by atomic mass is 35.5. The molecule has 0 saturated heterocycles. The van der Waals surface area contributed by atoms with Gasteiger partial charge in [-0.2, -0.15) is 8.42 Å². The first kappa shape index (κ1) is 24.3. The minimum absolute atomic E-state index is 0.0239. The fraction of sp³-hybridized carbons (Fsp3) is 0.0435. The number of benzene rings is 3. The largest absolute Gasteiger partial charge is 0.348 e. The zero-order valence-electron chi connectivity index (χ0n) is 17.9. The maximum Gasteiger partial charge on any atom is 0.291 e. The molecule has 0 atom stereocenters. The van der Waals surface area contributed by atoms with Crippen molar-refractivity contribution in [2.45, 2.75) is 10.9 Å². The Morgan fingerprint density at radius 1 is 0.829 bits per heavy atom. The first-order chi connectivity index (χ1) is 16.8. The van der Waals surface area contributed by atoms with Crippen LogP contribution in [0.2, 0.25) is 5.02 Å². The van der Waals surface area contributed by atoms with Crippen molar-refractivity contribution in [1.82, 2.24) is 15.5 Å². The number of carbonyl (C=O) groups is 2. The minimum Gasteiger partial charge on any atom is -0.348 e. The summed E-state index contributed by atoms with van der Waals surface area (Å²) < 4.78 is 27.8. The standard InChI is InChI=1S/C23H18ClN5O4S2/c24-18-12-6-4-10-16(18)21(31)26-22-27-28-23(34-22)35(32,33)29-19-13-7-5-11-17(19)20(30)25-14-15-8-2-1-3-9-15/h1-13,29H,14H2,(H,25,30)(H,26,27,31). The Labute approximate surface area is 210 Å². The van der Waals surface area contributed by atoms with Gasteiger partial charge in [-0.3, -0.25) is 19.6 Å². The molecule has 12 heteroatoms. The van der Waals surface area contributed by atoms with Crippen molar-refractivity contribution in [2.75, 3.05) is 10.0 Å². The molecular weight excluding hydrogens is 510 g/mol. The third-order valence-corrected chi connectivity index (χ3v) is 7.59. The molecule has 0 fully saturated rings. The summed E-state index contributed by atoms with van der Waals surface area (Å²) >= 11 is 6.68. The first-order valence-electron chi connectivity index (χ1n) is 10.2. The number of rotatable bonds is 8. The fourth-order valence-electron chi connectivity index (χ4n) is 3.01. The van der Waals surface area contributed by atoms with Gasteiger partial charge in [0.2, 0.25) is 5.13 Å². The molecule has 0 spiro atoms. The quantitative estimate of drug-likeness (QED) is 0.295. The third kappa shape index (κ3) is 6.01. The van der Waals surface area contributed by atoms with Crippen LogP contribution in [0.15, 0.2) is 83.2 Å². The van der Waals surface area contributed by atoms with Gasteiger partial charge in [0.1, 0.15) is 0 Å². The van der Waals surface area contributed by atoms with E-state index in [4.69, 9.17) is 11.6 Å². The van der Waals surface area contributed by atoms with E-state index in [2.05, 4.69) is 25.6 Å². The van der Waals surface area contributed by atoms with Crippen LogP contribution >= 0.6 is 22.9 Å². The lowest BCUT2D eigenvalue weighted by molar-refractivity contribution is 0.0951. The summed E-state index contributed by atoms with van der Waals surface area (Å²) in [6.45, 7) is 0.283. The Hall–Kier alpha value is -3.80. The predicted octanol–water partition coefficient (Wildman–Crippen LogP) is 4.17. The van der Waals surface area contributed by atoms with Crippen molar-refractivity contribution in [3.63, 3.8) is 0 Å². The monoisotopic (exact) mass is 527 g/mol. The second-order valence-corrected chi connectivity index (χ2v) is 10.4. The second kappa shape index (κ2) is 10.6. The number of nitrogens with one attached hydrogen (secondary N) is 3. The van der Waals surface area contributed by atoms with E-state index in [0.717, 1.165) is 5.56 Å². The number of carbonyl (C=O) groups excluding carboxylic acids is 2. The summed E-state index contributed by atoms with van der Waals surface area (Å²) in [4.78, 5) is 25.1. The van der Waals surface area contributed by atoms with Gasteiger partial charge in [-0.1, -0.05) is 77.5 Å². The van der Waals surface area contributed by atoms with Gasteiger partial charge >= 0.3 is 0 Å². The van der Waals surface area contributed by atoms with Crippen LogP contribution < -0.4 is 15.4 Å². The fourth-order valence-corrected chi connectivity index (χ4v) is 5.21. The van der Waals surface area contributed by atoms with Gasteiger partial charge in [0.05, 0.1) is 21.8 Å². The predicted molar refractivity (Wildman–Crippen MR) is 134 cm³/mol. The van der Waals surface area contributed by atoms with Gasteiger partial charge in [0.15, 0.2) is 0 Å². The highest BCUT2D eigenvalue weighted by molar-refractivity contribution is 7.94. The summed E-state index contributed by atoms with van der Waals surface area (Å²) in [5, 5.41) is 12.9. The normalized spacial score (nSPS) is 11.0. The zero-order chi connectivity index (χ0) is 24.8. The van der Waals surface area contributed by atoms with Crippen LogP contribution in [0.4, 0.5) is 10.8 Å². The Bertz CT molecular complexity index is 1480. The number of amides is 2. The lowest BCUT2D eigenvalue weighted by Crippen LogP contribution is -2.25. The van der Waals surface area contributed by atoms with Crippen molar-refractivity contribution in [3.05, 3.63) is 101 Å². The molecule has 0 aliphatic carbocycles. The Morgan fingerprint density at radius 2 is 1.49 bits per heavy atom. The number of hydrogen-bond donors (Lipinski definition) is 3. The van der Waals surface area contributed by atoms with Crippen LogP contribution in [0.5, 0.6) is 0 Å². The van der Waals surface area contributed by atoms with E-state index in [1.54, 1.807) is 30.3 Å². The molecule has 9 nitrogen and oxygen atoms in total. The van der Waals surface area contributed by atoms with Crippen LogP contribution in [-0.2, 0) is 16.6 Å². The molecule has 0 radical (unpaired) electrons. The highest BCUT2D eigenvalue weighted by Gasteiger charge is 2.24. The van der Waals surface area contributed by atoms with E-state index < -0.39 is 21.8 Å². The molecule has 178 valence electrons. The molecule has 3 N–H and O–H groups in total. The van der Waals surface area contributed by atoms with E-state index in [0.29, 0.717) is 11.3 Å². The van der Waals surface area contributed by atoms with Crippen molar-refractivity contribution >= 4 is 55.6 Å². The maximum absolute atomic E-state index is 12.9. The number of para-hydroxylation sites is 1. The van der Waals surface area contributed by atoms with E-state index in [-0.39, 0.29) is 37.9 Å². The lowest BCUT2D eigenvalue weighted by atomic mass is 10.1. The molecule has 0 saturated carbocycles. The van der Waals surface area contributed by atoms with Crippen LogP contribution in [0.3, 0.4) is 0 Å². The van der Waals surface area contributed by atoms with Crippen LogP contribution in [-0.4, -0.2) is 30.4 Å². The molecule has 2 amide bonds. The van der Waals surface area contributed by atoms with Crippen molar-refractivity contribution < 1.29 is 18.0 Å². The second-order valence-electron chi connectivity index (χ2n) is 7.13. The Balaban J connectivity index is 1.47. The Morgan fingerprint density at radius 3 is 2.23 bits per heavy atom. The molecular formula is C23H18ClN5O4S2. The SMILES string of the molecule is O=C(Nc1nnc(S(=O)(=O)Nc2ccccc2C(=O)NCc2ccccc2)s1)c1ccccc1Cl. The summed E-state index contributed by atoms with van der Waals surface area (Å²) in [6.07, 6.45) is 0. The number of sulfonamides is 1. The van der Waals surface area contributed by atoms with Gasteiger partial charge < -0.3 is 5.32 Å². The van der Waals surface area contributed by atoms with Gasteiger partial charge in [-0.15, -0.1) is 10.2 Å². The summed E-state index contributed by atoms with van der Waals surface area (Å²) in [7, 11) is -4.19. The number of anilines is 2. The van der Waals surface area contributed by atoms with E-state index >= 15 is 0 Å². The van der Waals surface area contributed by atoms with Gasteiger partial charge in [0, 0.05) is 6.54 Å². The molecule has 0 unspecified atom stereocenters. The third-order valence-electron chi connectivity index (χ3n) is 4.69. The Kier molecular flexibility index (Phi) is 7.39. The van der Waals surface area contributed by atoms with Crippen LogP contribution in [0.25, 0.3) is 0 Å². The average molecular weight is 528 g/mol. The first-order valence-corrected chi connectivity index (χ1v) is 12.8. The number of nitrogens with zero attached hydrogens (tertiary/aromatic N) is 2. The van der Waals surface area contributed by atoms with Crippen molar-refractivity contribution in [3.8, 4) is 0 Å². The molecule has 0 aliphatic heterocycles. The number of halogens is 1. The lowest BCUT2D eigenvalue weighted by Gasteiger charge is -2.11. The molecule has 1 heterocycles. The van der Waals surface area contributed by atoms with Crippen molar-refractivity contribution in [1.29, 1.82) is 0 Å². The zero-order valence-corrected chi connectivity index (χ0v) is 20.3. The smallest absolute Gasteiger partial charge is 0.291 e. The highest BCUT2D eigenvalue weighted by Crippen LogP contribution is 2.25. The van der Waals surface area contributed by atoms with E-state index in [1.807, 2.05) is 30.3 Å². The number of hydrogen-bond acceptors (Lipinski definition) is 7. The van der Waals surface area contributed by atoms with Crippen LogP contribution in [0, 0.1) is 0 Å². The van der Waals surface area contributed by atoms with Gasteiger partial charge in [0.25, 0.3) is 26.2 Å². The van der Waals surface area contributed by atoms with E-state index in [1.165, 1.54) is 18.2 Å². The summed E-state index contributed by atoms with van der Waals surface area (Å²) in [6, 6.07) is 21.9. The molecule has 0 aliphatic rings. The molecule has 1 aromatic heterocycles. The molecule has 4 aromatic rings. The molecule has 0 bridgehead atoms. The molecule has 3 aromatic carbocycles.